The number of benzene rings is 1. The third kappa shape index (κ3) is 4.16. The van der Waals surface area contributed by atoms with Crippen molar-refractivity contribution < 1.29 is 9.59 Å². The van der Waals surface area contributed by atoms with Crippen LogP contribution in [0.5, 0.6) is 0 Å². The summed E-state index contributed by atoms with van der Waals surface area (Å²) in [5, 5.41) is 5.71. The highest BCUT2D eigenvalue weighted by Crippen LogP contribution is 2.23. The van der Waals surface area contributed by atoms with Gasteiger partial charge >= 0.3 is 6.03 Å². The topological polar surface area (TPSA) is 61.4 Å². The fourth-order valence-electron chi connectivity index (χ4n) is 2.33. The van der Waals surface area contributed by atoms with Gasteiger partial charge in [0.1, 0.15) is 0 Å². The van der Waals surface area contributed by atoms with Crippen LogP contribution < -0.4 is 15.5 Å². The van der Waals surface area contributed by atoms with E-state index < -0.39 is 0 Å². The molecule has 0 unspecified atom stereocenters. The number of nitrogens with zero attached hydrogens (tertiary/aromatic N) is 1. The molecule has 1 fully saturated rings. The van der Waals surface area contributed by atoms with Crippen LogP contribution in [-0.4, -0.2) is 43.1 Å². The number of carbonyl (C=O) groups is 2. The van der Waals surface area contributed by atoms with Crippen molar-refractivity contribution in [3.8, 4) is 0 Å². The number of hydrogen-bond donors (Lipinski definition) is 2. The Balaban J connectivity index is 1.99. The van der Waals surface area contributed by atoms with Crippen LogP contribution in [0, 0.1) is 6.92 Å². The lowest BCUT2D eigenvalue weighted by molar-refractivity contribution is 0.0956. The summed E-state index contributed by atoms with van der Waals surface area (Å²) in [5.74, 6) is 1.96. The van der Waals surface area contributed by atoms with E-state index in [0.717, 1.165) is 29.2 Å². The standard InChI is InChI=1S/C16H23N3O2S/c1-3-9-22-10-7-17-15(20)13-5-4-12(2)14(11-13)19-8-6-18-16(19)21/h4-5,11H,3,6-10H2,1-2H3,(H,17,20)(H,18,21). The molecule has 6 heteroatoms. The largest absolute Gasteiger partial charge is 0.351 e. The Kier molecular flexibility index (Phi) is 6.12. The molecule has 1 aliphatic heterocycles. The van der Waals surface area contributed by atoms with Crippen LogP contribution in [0.25, 0.3) is 0 Å². The first-order valence-electron chi connectivity index (χ1n) is 7.65. The molecule has 0 bridgehead atoms. The van der Waals surface area contributed by atoms with Crippen LogP contribution in [0.2, 0.25) is 0 Å². The number of thioether (sulfide) groups is 1. The van der Waals surface area contributed by atoms with E-state index in [-0.39, 0.29) is 11.9 Å². The molecule has 1 aromatic carbocycles. The van der Waals surface area contributed by atoms with Crippen molar-refractivity contribution in [3.05, 3.63) is 29.3 Å². The predicted molar refractivity (Wildman–Crippen MR) is 91.9 cm³/mol. The molecule has 0 spiro atoms. The fourth-order valence-corrected chi connectivity index (χ4v) is 3.07. The first kappa shape index (κ1) is 16.7. The van der Waals surface area contributed by atoms with E-state index in [9.17, 15) is 9.59 Å². The minimum atomic E-state index is -0.100. The second kappa shape index (κ2) is 8.08. The van der Waals surface area contributed by atoms with E-state index in [1.165, 1.54) is 0 Å². The van der Waals surface area contributed by atoms with E-state index in [2.05, 4.69) is 17.6 Å². The number of nitrogens with one attached hydrogen (secondary N) is 2. The van der Waals surface area contributed by atoms with Crippen molar-refractivity contribution in [2.45, 2.75) is 20.3 Å². The van der Waals surface area contributed by atoms with Gasteiger partial charge in [-0.2, -0.15) is 11.8 Å². The number of urea groups is 1. The molecule has 2 rings (SSSR count). The van der Waals surface area contributed by atoms with Gasteiger partial charge in [0.25, 0.3) is 5.91 Å². The monoisotopic (exact) mass is 321 g/mol. The molecule has 0 atom stereocenters. The zero-order valence-electron chi connectivity index (χ0n) is 13.1. The summed E-state index contributed by atoms with van der Waals surface area (Å²) in [5.41, 5.74) is 2.40. The highest BCUT2D eigenvalue weighted by Gasteiger charge is 2.23. The van der Waals surface area contributed by atoms with Gasteiger partial charge in [0.2, 0.25) is 0 Å². The minimum Gasteiger partial charge on any atom is -0.351 e. The maximum absolute atomic E-state index is 12.2. The smallest absolute Gasteiger partial charge is 0.322 e. The van der Waals surface area contributed by atoms with Crippen molar-refractivity contribution in [1.29, 1.82) is 0 Å². The Labute approximate surface area is 135 Å². The van der Waals surface area contributed by atoms with E-state index >= 15 is 0 Å². The molecule has 22 heavy (non-hydrogen) atoms. The van der Waals surface area contributed by atoms with Gasteiger partial charge < -0.3 is 10.6 Å². The first-order chi connectivity index (χ1) is 10.6. The number of aryl methyl sites for hydroxylation is 1. The maximum Gasteiger partial charge on any atom is 0.322 e. The van der Waals surface area contributed by atoms with Gasteiger partial charge in [-0.3, -0.25) is 9.69 Å². The summed E-state index contributed by atoms with van der Waals surface area (Å²) >= 11 is 1.84. The Bertz CT molecular complexity index is 548. The minimum absolute atomic E-state index is 0.0852. The first-order valence-corrected chi connectivity index (χ1v) is 8.81. The van der Waals surface area contributed by atoms with E-state index in [4.69, 9.17) is 0 Å². The molecule has 5 nitrogen and oxygen atoms in total. The number of amides is 3. The molecule has 0 aromatic heterocycles. The van der Waals surface area contributed by atoms with Gasteiger partial charge in [0.05, 0.1) is 0 Å². The molecule has 0 saturated carbocycles. The van der Waals surface area contributed by atoms with Crippen LogP contribution >= 0.6 is 11.8 Å². The van der Waals surface area contributed by atoms with Crippen molar-refractivity contribution in [3.63, 3.8) is 0 Å². The maximum atomic E-state index is 12.2. The second-order valence-corrected chi connectivity index (χ2v) is 6.48. The molecule has 2 N–H and O–H groups in total. The number of rotatable bonds is 7. The SMILES string of the molecule is CCCSCCNC(=O)c1ccc(C)c(N2CCNC2=O)c1. The van der Waals surface area contributed by atoms with Crippen LogP contribution in [0.4, 0.5) is 10.5 Å². The average Bonchev–Trinajstić information content (AvgIpc) is 2.93. The third-order valence-corrected chi connectivity index (χ3v) is 4.69. The Morgan fingerprint density at radius 3 is 2.91 bits per heavy atom. The lowest BCUT2D eigenvalue weighted by Gasteiger charge is -2.18. The predicted octanol–water partition coefficient (Wildman–Crippen LogP) is 2.40. The molecule has 1 saturated heterocycles. The summed E-state index contributed by atoms with van der Waals surface area (Å²) in [6, 6.07) is 5.40. The highest BCUT2D eigenvalue weighted by atomic mass is 32.2. The molecule has 1 aromatic rings. The normalized spacial score (nSPS) is 14.1. The lowest BCUT2D eigenvalue weighted by Crippen LogP contribution is -2.29. The molecular formula is C16H23N3O2S. The van der Waals surface area contributed by atoms with Crippen molar-refractivity contribution in [2.75, 3.05) is 36.0 Å². The van der Waals surface area contributed by atoms with Gasteiger partial charge in [-0.25, -0.2) is 4.79 Å². The number of anilines is 1. The summed E-state index contributed by atoms with van der Waals surface area (Å²) in [4.78, 5) is 25.7. The van der Waals surface area contributed by atoms with Crippen LogP contribution in [0.1, 0.15) is 29.3 Å². The zero-order chi connectivity index (χ0) is 15.9. The second-order valence-electron chi connectivity index (χ2n) is 5.25. The molecule has 1 aliphatic rings. The molecule has 0 aliphatic carbocycles. The summed E-state index contributed by atoms with van der Waals surface area (Å²) in [6.45, 7) is 6.04. The van der Waals surface area contributed by atoms with Crippen LogP contribution in [0.15, 0.2) is 18.2 Å². The van der Waals surface area contributed by atoms with E-state index in [0.29, 0.717) is 25.2 Å². The molecule has 3 amide bonds. The molecule has 120 valence electrons. The lowest BCUT2D eigenvalue weighted by atomic mass is 10.1. The number of hydrogen-bond acceptors (Lipinski definition) is 3. The van der Waals surface area contributed by atoms with Crippen molar-refractivity contribution >= 4 is 29.4 Å². The van der Waals surface area contributed by atoms with Crippen LogP contribution in [-0.2, 0) is 0 Å². The van der Waals surface area contributed by atoms with Gasteiger partial charge in [-0.15, -0.1) is 0 Å². The molecule has 0 radical (unpaired) electrons. The van der Waals surface area contributed by atoms with Gasteiger partial charge in [-0.05, 0) is 36.8 Å². The average molecular weight is 321 g/mol. The fraction of sp³-hybridized carbons (Fsp3) is 0.500. The van der Waals surface area contributed by atoms with E-state index in [1.807, 2.05) is 24.8 Å². The number of carbonyl (C=O) groups excluding carboxylic acids is 2. The summed E-state index contributed by atoms with van der Waals surface area (Å²) < 4.78 is 0. The summed E-state index contributed by atoms with van der Waals surface area (Å²) in [7, 11) is 0. The Hall–Kier alpha value is -1.69. The van der Waals surface area contributed by atoms with Crippen molar-refractivity contribution in [2.24, 2.45) is 0 Å². The highest BCUT2D eigenvalue weighted by molar-refractivity contribution is 7.99. The third-order valence-electron chi connectivity index (χ3n) is 3.50. The van der Waals surface area contributed by atoms with Gasteiger partial charge in [0, 0.05) is 36.6 Å². The van der Waals surface area contributed by atoms with E-state index in [1.54, 1.807) is 17.0 Å². The quantitative estimate of drug-likeness (QED) is 0.758. The zero-order valence-corrected chi connectivity index (χ0v) is 14.0. The molecule has 1 heterocycles. The summed E-state index contributed by atoms with van der Waals surface area (Å²) in [6.07, 6.45) is 1.15. The van der Waals surface area contributed by atoms with Gasteiger partial charge in [-0.1, -0.05) is 13.0 Å². The van der Waals surface area contributed by atoms with Crippen molar-refractivity contribution in [1.82, 2.24) is 10.6 Å². The van der Waals surface area contributed by atoms with Gasteiger partial charge in [0.15, 0.2) is 0 Å². The molecular weight excluding hydrogens is 298 g/mol. The Morgan fingerprint density at radius 1 is 1.41 bits per heavy atom. The Morgan fingerprint density at radius 2 is 2.23 bits per heavy atom. The van der Waals surface area contributed by atoms with Crippen LogP contribution in [0.3, 0.4) is 0 Å².